The Hall–Kier alpha value is -1.72. The Morgan fingerprint density at radius 1 is 1.31 bits per heavy atom. The summed E-state index contributed by atoms with van der Waals surface area (Å²) in [4.78, 5) is 13.4. The fourth-order valence-corrected chi connectivity index (χ4v) is 0.760. The Balaban J connectivity index is 3.33. The van der Waals surface area contributed by atoms with Gasteiger partial charge < -0.3 is 5.11 Å². The van der Waals surface area contributed by atoms with Crippen LogP contribution in [0.4, 0.5) is 13.3 Å². The van der Waals surface area contributed by atoms with Crippen molar-refractivity contribution in [3.63, 3.8) is 0 Å². The summed E-state index contributed by atoms with van der Waals surface area (Å²) >= 11 is 0. The molecule has 0 amide bonds. The zero-order valence-electron chi connectivity index (χ0n) is 6.05. The summed E-state index contributed by atoms with van der Waals surface area (Å²) in [6, 6.07) is 0.658. The second kappa shape index (κ2) is 3.34. The Morgan fingerprint density at radius 3 is 2.31 bits per heavy atom. The van der Waals surface area contributed by atoms with Crippen molar-refractivity contribution >= 4 is 5.97 Å². The average Bonchev–Trinajstić information content (AvgIpc) is 2.08. The van der Waals surface area contributed by atoms with Crippen LogP contribution in [0.25, 0.3) is 0 Å². The third kappa shape index (κ3) is 1.71. The monoisotopic (exact) mass is 192 g/mol. The summed E-state index contributed by atoms with van der Waals surface area (Å²) < 4.78 is 36.4. The first kappa shape index (κ1) is 9.37. The van der Waals surface area contributed by atoms with E-state index in [0.717, 1.165) is 0 Å². The van der Waals surface area contributed by atoms with Gasteiger partial charge in [0.05, 0.1) is 0 Å². The molecule has 1 rings (SSSR count). The maximum absolute atomic E-state index is 12.4. The maximum Gasteiger partial charge on any atom is 0.339 e. The van der Waals surface area contributed by atoms with Gasteiger partial charge in [0.1, 0.15) is 5.56 Å². The average molecular weight is 192 g/mol. The predicted molar refractivity (Wildman–Crippen MR) is 35.1 cm³/mol. The van der Waals surface area contributed by atoms with E-state index in [2.05, 4.69) is 4.94 Å². The van der Waals surface area contributed by atoms with E-state index in [1.165, 1.54) is 0 Å². The van der Waals surface area contributed by atoms with Crippen LogP contribution in [-0.4, -0.2) is 11.1 Å². The molecular formula is C7H3F3O3. The number of benzene rings is 1. The zero-order chi connectivity index (χ0) is 10.0. The van der Waals surface area contributed by atoms with Gasteiger partial charge in [-0.2, -0.15) is 0 Å². The standard InChI is InChI=1S/C7H3F3O3/c8-4-1-3(7(11)12)6(13-10)2-5(4)9/h1-2H,(H,11,12). The minimum absolute atomic E-state index is 0.318. The minimum atomic E-state index is -1.61. The van der Waals surface area contributed by atoms with Gasteiger partial charge in [-0.1, -0.05) is 0 Å². The molecule has 13 heavy (non-hydrogen) atoms. The number of carbonyl (C=O) groups is 1. The van der Waals surface area contributed by atoms with E-state index in [0.29, 0.717) is 12.1 Å². The Bertz CT molecular complexity index is 351. The first-order chi connectivity index (χ1) is 6.06. The summed E-state index contributed by atoms with van der Waals surface area (Å²) in [5.74, 6) is -5.23. The predicted octanol–water partition coefficient (Wildman–Crippen LogP) is 1.93. The second-order valence-corrected chi connectivity index (χ2v) is 2.14. The van der Waals surface area contributed by atoms with Gasteiger partial charge in [-0.25, -0.2) is 13.6 Å². The van der Waals surface area contributed by atoms with Crippen molar-refractivity contribution in [3.05, 3.63) is 29.3 Å². The van der Waals surface area contributed by atoms with Gasteiger partial charge in [0, 0.05) is 10.6 Å². The molecule has 0 saturated heterocycles. The van der Waals surface area contributed by atoms with Gasteiger partial charge >= 0.3 is 5.97 Å². The Morgan fingerprint density at radius 2 is 1.85 bits per heavy atom. The number of aromatic carboxylic acids is 1. The Labute approximate surface area is 70.3 Å². The van der Waals surface area contributed by atoms with E-state index < -0.39 is 28.9 Å². The van der Waals surface area contributed by atoms with Crippen molar-refractivity contribution < 1.29 is 28.1 Å². The molecule has 0 saturated carbocycles. The van der Waals surface area contributed by atoms with E-state index in [4.69, 9.17) is 5.11 Å². The van der Waals surface area contributed by atoms with Crippen LogP contribution in [0.1, 0.15) is 10.4 Å². The van der Waals surface area contributed by atoms with Gasteiger partial charge in [-0.05, 0) is 6.07 Å². The molecule has 0 aromatic heterocycles. The highest BCUT2D eigenvalue weighted by Gasteiger charge is 2.16. The summed E-state index contributed by atoms with van der Waals surface area (Å²) in [7, 11) is 0. The lowest BCUT2D eigenvalue weighted by molar-refractivity contribution is -0.00830. The van der Waals surface area contributed by atoms with Gasteiger partial charge in [0.2, 0.25) is 0 Å². The van der Waals surface area contributed by atoms with Crippen LogP contribution in [0.3, 0.4) is 0 Å². The number of hydrogen-bond donors (Lipinski definition) is 1. The molecule has 1 aromatic rings. The maximum atomic E-state index is 12.4. The van der Waals surface area contributed by atoms with E-state index in [1.54, 1.807) is 0 Å². The number of hydrogen-bond acceptors (Lipinski definition) is 2. The molecule has 0 unspecified atom stereocenters. The zero-order valence-corrected chi connectivity index (χ0v) is 6.05. The highest BCUT2D eigenvalue weighted by molar-refractivity contribution is 5.90. The Kier molecular flexibility index (Phi) is 2.41. The number of carboxylic acid groups (broad SMARTS) is 1. The van der Waals surface area contributed by atoms with Crippen LogP contribution in [-0.2, 0) is 0 Å². The van der Waals surface area contributed by atoms with E-state index in [1.807, 2.05) is 0 Å². The molecule has 0 atom stereocenters. The topological polar surface area (TPSA) is 46.5 Å². The van der Waals surface area contributed by atoms with Crippen molar-refractivity contribution in [3.8, 4) is 5.75 Å². The highest BCUT2D eigenvalue weighted by Crippen LogP contribution is 2.22. The molecule has 70 valence electrons. The summed E-state index contributed by atoms with van der Waals surface area (Å²) in [5.41, 5.74) is -0.776. The molecule has 0 spiro atoms. The molecule has 0 aliphatic heterocycles. The van der Waals surface area contributed by atoms with Gasteiger partial charge in [0.15, 0.2) is 17.4 Å². The van der Waals surface area contributed by atoms with Crippen LogP contribution >= 0.6 is 0 Å². The molecule has 0 heterocycles. The lowest BCUT2D eigenvalue weighted by atomic mass is 10.2. The molecule has 0 aliphatic carbocycles. The van der Waals surface area contributed by atoms with E-state index in [9.17, 15) is 18.1 Å². The molecule has 1 N–H and O–H groups in total. The fraction of sp³-hybridized carbons (Fsp3) is 0. The molecule has 0 fully saturated rings. The van der Waals surface area contributed by atoms with Crippen LogP contribution in [0, 0.1) is 11.6 Å². The lowest BCUT2D eigenvalue weighted by Gasteiger charge is -2.00. The van der Waals surface area contributed by atoms with Crippen molar-refractivity contribution in [2.45, 2.75) is 0 Å². The molecular weight excluding hydrogens is 189 g/mol. The number of rotatable bonds is 2. The van der Waals surface area contributed by atoms with Crippen molar-refractivity contribution in [2.24, 2.45) is 0 Å². The second-order valence-electron chi connectivity index (χ2n) is 2.14. The summed E-state index contributed by atoms with van der Waals surface area (Å²) in [6.07, 6.45) is 0. The molecule has 1 aromatic carbocycles. The van der Waals surface area contributed by atoms with Crippen LogP contribution in [0.2, 0.25) is 0 Å². The molecule has 3 nitrogen and oxygen atoms in total. The number of carboxylic acids is 1. The third-order valence-corrected chi connectivity index (χ3v) is 1.34. The fourth-order valence-electron chi connectivity index (χ4n) is 0.760. The van der Waals surface area contributed by atoms with Gasteiger partial charge in [-0.15, -0.1) is 0 Å². The van der Waals surface area contributed by atoms with E-state index in [-0.39, 0.29) is 0 Å². The number of halogens is 3. The van der Waals surface area contributed by atoms with Gasteiger partial charge in [0.25, 0.3) is 0 Å². The normalized spacial score (nSPS) is 9.77. The molecule has 0 bridgehead atoms. The minimum Gasteiger partial charge on any atom is -0.478 e. The highest BCUT2D eigenvalue weighted by atomic mass is 19.3. The first-order valence-electron chi connectivity index (χ1n) is 3.07. The van der Waals surface area contributed by atoms with Crippen LogP contribution < -0.4 is 4.94 Å². The first-order valence-corrected chi connectivity index (χ1v) is 3.07. The van der Waals surface area contributed by atoms with Crippen molar-refractivity contribution in [1.29, 1.82) is 0 Å². The summed E-state index contributed by atoms with van der Waals surface area (Å²) in [6.45, 7) is 0. The van der Waals surface area contributed by atoms with Crippen molar-refractivity contribution in [2.75, 3.05) is 0 Å². The molecule has 0 aliphatic rings. The van der Waals surface area contributed by atoms with Gasteiger partial charge in [-0.3, -0.25) is 4.94 Å². The third-order valence-electron chi connectivity index (χ3n) is 1.34. The lowest BCUT2D eigenvalue weighted by Crippen LogP contribution is -2.01. The van der Waals surface area contributed by atoms with Crippen LogP contribution in [0.5, 0.6) is 5.75 Å². The van der Waals surface area contributed by atoms with Crippen LogP contribution in [0.15, 0.2) is 12.1 Å². The SMILES string of the molecule is O=C(O)c1cc(F)c(F)cc1OF. The smallest absolute Gasteiger partial charge is 0.339 e. The molecule has 6 heteroatoms. The van der Waals surface area contributed by atoms with Crippen molar-refractivity contribution in [1.82, 2.24) is 0 Å². The molecule has 0 radical (unpaired) electrons. The summed E-state index contributed by atoms with van der Waals surface area (Å²) in [5, 5.41) is 8.38. The quantitative estimate of drug-likeness (QED) is 0.778. The van der Waals surface area contributed by atoms with E-state index >= 15 is 0 Å². The largest absolute Gasteiger partial charge is 0.478 e.